The number of rotatable bonds is 5. The van der Waals surface area contributed by atoms with Gasteiger partial charge in [-0.2, -0.15) is 18.3 Å². The second-order valence-electron chi connectivity index (χ2n) is 5.95. The number of halogens is 4. The van der Waals surface area contributed by atoms with Gasteiger partial charge < -0.3 is 19.8 Å². The van der Waals surface area contributed by atoms with Crippen molar-refractivity contribution in [2.24, 2.45) is 0 Å². The first-order valence-corrected chi connectivity index (χ1v) is 8.68. The summed E-state index contributed by atoms with van der Waals surface area (Å²) in [5, 5.41) is 8.43. The zero-order valence-corrected chi connectivity index (χ0v) is 16.0. The van der Waals surface area contributed by atoms with E-state index in [2.05, 4.69) is 20.5 Å². The van der Waals surface area contributed by atoms with Crippen molar-refractivity contribution in [3.63, 3.8) is 0 Å². The maximum Gasteiger partial charge on any atom is 0.418 e. The molecule has 0 atom stereocenters. The van der Waals surface area contributed by atoms with E-state index in [0.29, 0.717) is 5.76 Å². The van der Waals surface area contributed by atoms with E-state index in [1.807, 2.05) is 0 Å². The highest BCUT2D eigenvalue weighted by Crippen LogP contribution is 2.36. The lowest BCUT2D eigenvalue weighted by Gasteiger charge is -2.14. The van der Waals surface area contributed by atoms with Crippen LogP contribution in [-0.4, -0.2) is 28.9 Å². The van der Waals surface area contributed by atoms with E-state index in [9.17, 15) is 22.8 Å². The van der Waals surface area contributed by atoms with E-state index in [1.165, 1.54) is 36.3 Å². The van der Waals surface area contributed by atoms with Crippen LogP contribution >= 0.6 is 11.6 Å². The predicted octanol–water partition coefficient (Wildman–Crippen LogP) is 4.63. The molecule has 0 unspecified atom stereocenters. The maximum atomic E-state index is 13.1. The Kier molecular flexibility index (Phi) is 6.01. The van der Waals surface area contributed by atoms with E-state index < -0.39 is 29.4 Å². The highest BCUT2D eigenvalue weighted by molar-refractivity contribution is 6.30. The number of furan rings is 1. The number of benzene rings is 1. The van der Waals surface area contributed by atoms with Crippen LogP contribution in [0, 0.1) is 0 Å². The van der Waals surface area contributed by atoms with Crippen molar-refractivity contribution in [3.8, 4) is 0 Å². The number of esters is 1. The standard InChI is InChI=1S/C18H14ClF3N4O4/c1-29-16(27)15-5-3-12(30-15)9-26-8-11(7-23-26)24-17(28)25-14-4-2-10(19)6-13(14)18(20,21)22/h2-8H,9H2,1H3,(H2,24,25,28). The van der Waals surface area contributed by atoms with E-state index >= 15 is 0 Å². The molecule has 0 bridgehead atoms. The Labute approximate surface area is 172 Å². The van der Waals surface area contributed by atoms with Crippen LogP contribution < -0.4 is 10.6 Å². The molecule has 0 aliphatic rings. The monoisotopic (exact) mass is 442 g/mol. The van der Waals surface area contributed by atoms with Crippen molar-refractivity contribution in [3.05, 3.63) is 64.8 Å². The molecule has 0 aliphatic heterocycles. The minimum Gasteiger partial charge on any atom is -0.463 e. The third-order valence-electron chi connectivity index (χ3n) is 3.79. The number of alkyl halides is 3. The summed E-state index contributed by atoms with van der Waals surface area (Å²) in [5.41, 5.74) is -1.28. The van der Waals surface area contributed by atoms with Gasteiger partial charge in [0, 0.05) is 11.2 Å². The molecule has 0 saturated carbocycles. The molecule has 0 spiro atoms. The highest BCUT2D eigenvalue weighted by Gasteiger charge is 2.34. The summed E-state index contributed by atoms with van der Waals surface area (Å²) in [7, 11) is 1.22. The fourth-order valence-corrected chi connectivity index (χ4v) is 2.66. The second-order valence-corrected chi connectivity index (χ2v) is 6.39. The largest absolute Gasteiger partial charge is 0.463 e. The lowest BCUT2D eigenvalue weighted by molar-refractivity contribution is -0.136. The van der Waals surface area contributed by atoms with Gasteiger partial charge in [0.1, 0.15) is 5.76 Å². The molecule has 1 aromatic carbocycles. The summed E-state index contributed by atoms with van der Waals surface area (Å²) < 4.78 is 50.6. The van der Waals surface area contributed by atoms with Crippen LogP contribution in [0.1, 0.15) is 21.9 Å². The molecule has 30 heavy (non-hydrogen) atoms. The van der Waals surface area contributed by atoms with Gasteiger partial charge in [-0.25, -0.2) is 9.59 Å². The van der Waals surface area contributed by atoms with Crippen LogP contribution in [0.15, 0.2) is 47.1 Å². The van der Waals surface area contributed by atoms with Crippen molar-refractivity contribution < 1.29 is 31.9 Å². The maximum absolute atomic E-state index is 13.1. The smallest absolute Gasteiger partial charge is 0.418 e. The molecule has 2 aromatic heterocycles. The number of nitrogens with one attached hydrogen (secondary N) is 2. The fraction of sp³-hybridized carbons (Fsp3) is 0.167. The van der Waals surface area contributed by atoms with Gasteiger partial charge in [-0.1, -0.05) is 11.6 Å². The average molecular weight is 443 g/mol. The summed E-state index contributed by atoms with van der Waals surface area (Å²) in [6.45, 7) is 0.149. The average Bonchev–Trinajstić information content (AvgIpc) is 3.31. The zero-order chi connectivity index (χ0) is 21.9. The Morgan fingerprint density at radius 1 is 1.23 bits per heavy atom. The topological polar surface area (TPSA) is 98.4 Å². The highest BCUT2D eigenvalue weighted by atomic mass is 35.5. The summed E-state index contributed by atoms with van der Waals surface area (Å²) >= 11 is 5.61. The molecule has 0 aliphatic carbocycles. The molecule has 2 N–H and O–H groups in total. The number of methoxy groups -OCH3 is 1. The van der Waals surface area contributed by atoms with Gasteiger partial charge >= 0.3 is 18.2 Å². The van der Waals surface area contributed by atoms with E-state index in [0.717, 1.165) is 12.1 Å². The molecule has 12 heteroatoms. The zero-order valence-electron chi connectivity index (χ0n) is 15.3. The first-order valence-electron chi connectivity index (χ1n) is 8.30. The number of carbonyl (C=O) groups is 2. The lowest BCUT2D eigenvalue weighted by Crippen LogP contribution is -2.21. The summed E-state index contributed by atoms with van der Waals surface area (Å²) in [4.78, 5) is 23.5. The van der Waals surface area contributed by atoms with Crippen LogP contribution in [-0.2, 0) is 17.5 Å². The quantitative estimate of drug-likeness (QED) is 0.561. The number of carbonyl (C=O) groups excluding carboxylic acids is 2. The Bertz CT molecular complexity index is 1080. The number of nitrogens with zero attached hydrogens (tertiary/aromatic N) is 2. The number of aromatic nitrogens is 2. The SMILES string of the molecule is COC(=O)c1ccc(Cn2cc(NC(=O)Nc3ccc(Cl)cc3C(F)(F)F)cn2)o1. The van der Waals surface area contributed by atoms with E-state index in [1.54, 1.807) is 6.07 Å². The molecule has 0 saturated heterocycles. The van der Waals surface area contributed by atoms with Gasteiger partial charge in [0.25, 0.3) is 0 Å². The third-order valence-corrected chi connectivity index (χ3v) is 4.03. The van der Waals surface area contributed by atoms with Crippen LogP contribution in [0.2, 0.25) is 5.02 Å². The number of amides is 2. The number of ether oxygens (including phenoxy) is 1. The van der Waals surface area contributed by atoms with Crippen LogP contribution in [0.5, 0.6) is 0 Å². The number of anilines is 2. The molecular weight excluding hydrogens is 429 g/mol. The van der Waals surface area contributed by atoms with Crippen LogP contribution in [0.3, 0.4) is 0 Å². The summed E-state index contributed by atoms with van der Waals surface area (Å²) in [5.74, 6) is -0.188. The fourth-order valence-electron chi connectivity index (χ4n) is 2.49. The first kappa shape index (κ1) is 21.2. The van der Waals surface area contributed by atoms with Crippen molar-refractivity contribution in [1.29, 1.82) is 0 Å². The lowest BCUT2D eigenvalue weighted by atomic mass is 10.1. The van der Waals surface area contributed by atoms with E-state index in [-0.39, 0.29) is 23.0 Å². The van der Waals surface area contributed by atoms with Crippen molar-refractivity contribution in [2.75, 3.05) is 17.7 Å². The number of hydrogen-bond donors (Lipinski definition) is 2. The molecule has 3 aromatic rings. The number of urea groups is 1. The van der Waals surface area contributed by atoms with Crippen LogP contribution in [0.4, 0.5) is 29.3 Å². The molecule has 0 radical (unpaired) electrons. The van der Waals surface area contributed by atoms with Gasteiger partial charge in [0.2, 0.25) is 5.76 Å². The van der Waals surface area contributed by atoms with Crippen molar-refractivity contribution >= 4 is 35.0 Å². The minimum atomic E-state index is -4.69. The summed E-state index contributed by atoms with van der Waals surface area (Å²) in [6.07, 6.45) is -1.95. The molecule has 3 rings (SSSR count). The Morgan fingerprint density at radius 3 is 2.70 bits per heavy atom. The summed E-state index contributed by atoms with van der Waals surface area (Å²) in [6, 6.07) is 5.13. The third kappa shape index (κ3) is 5.11. The van der Waals surface area contributed by atoms with Crippen molar-refractivity contribution in [2.45, 2.75) is 12.7 Å². The Balaban J connectivity index is 1.64. The van der Waals surface area contributed by atoms with Crippen molar-refractivity contribution in [1.82, 2.24) is 9.78 Å². The van der Waals surface area contributed by atoms with Crippen LogP contribution in [0.25, 0.3) is 0 Å². The van der Waals surface area contributed by atoms with Gasteiger partial charge in [-0.15, -0.1) is 0 Å². The number of hydrogen-bond acceptors (Lipinski definition) is 5. The minimum absolute atomic E-state index is 0.0285. The molecule has 158 valence electrons. The molecular formula is C18H14ClF3N4O4. The van der Waals surface area contributed by atoms with Gasteiger partial charge in [-0.3, -0.25) is 4.68 Å². The van der Waals surface area contributed by atoms with Gasteiger partial charge in [0.15, 0.2) is 0 Å². The molecule has 8 nitrogen and oxygen atoms in total. The molecule has 2 amide bonds. The predicted molar refractivity (Wildman–Crippen MR) is 100 cm³/mol. The Morgan fingerprint density at radius 2 is 2.00 bits per heavy atom. The Hall–Kier alpha value is -3.47. The molecule has 2 heterocycles. The van der Waals surface area contributed by atoms with Gasteiger partial charge in [-0.05, 0) is 30.3 Å². The van der Waals surface area contributed by atoms with E-state index in [4.69, 9.17) is 16.0 Å². The molecule has 0 fully saturated rings. The first-order chi connectivity index (χ1) is 14.2. The van der Waals surface area contributed by atoms with Gasteiger partial charge in [0.05, 0.1) is 36.8 Å². The normalized spacial score (nSPS) is 11.2. The second kappa shape index (κ2) is 8.49.